The van der Waals surface area contributed by atoms with Crippen LogP contribution in [-0.2, 0) is 30.4 Å². The van der Waals surface area contributed by atoms with Crippen LogP contribution in [0.1, 0.15) is 57.9 Å². The maximum atomic E-state index is 13.6. The van der Waals surface area contributed by atoms with E-state index >= 15 is 0 Å². The highest BCUT2D eigenvalue weighted by Crippen LogP contribution is 2.20. The fraction of sp³-hybridized carbons (Fsp3) is 0.536. The van der Waals surface area contributed by atoms with E-state index in [0.29, 0.717) is 32.2 Å². The summed E-state index contributed by atoms with van der Waals surface area (Å²) in [6.07, 6.45) is 3.27. The minimum atomic E-state index is -1.45. The molecule has 226 valence electrons. The summed E-state index contributed by atoms with van der Waals surface area (Å²) >= 11 is 0. The topological polar surface area (TPSA) is 230 Å². The molecule has 0 fully saturated rings. The molecule has 0 bridgehead atoms. The number of amides is 3. The van der Waals surface area contributed by atoms with E-state index in [0.717, 1.165) is 16.5 Å². The molecule has 2 aromatic rings. The van der Waals surface area contributed by atoms with Crippen LogP contribution in [0.3, 0.4) is 0 Å². The standard InChI is InChI=1S/C28H42N6O7/c1-3-16(2)24(27(39)32-21(28(40)41)11-12-23(35)36)34-26(38)22(33-25(37)19(30)9-6-7-13-29)14-17-15-31-20-10-5-4-8-18(17)20/h4-5,8,10,15-16,19,21-22,24,31H,3,6-7,9,11-14,29-30H2,1-2H3,(H,32,39)(H,33,37)(H,34,38)(H,35,36)(H,40,41). The van der Waals surface area contributed by atoms with Crippen LogP contribution in [0.4, 0.5) is 0 Å². The Labute approximate surface area is 238 Å². The molecule has 10 N–H and O–H groups in total. The van der Waals surface area contributed by atoms with E-state index < -0.39 is 66.2 Å². The number of H-pyrrole nitrogens is 1. The first-order valence-corrected chi connectivity index (χ1v) is 13.8. The van der Waals surface area contributed by atoms with Crippen molar-refractivity contribution in [2.45, 2.75) is 83.0 Å². The van der Waals surface area contributed by atoms with Crippen LogP contribution in [0.25, 0.3) is 10.9 Å². The Hall–Kier alpha value is -3.97. The molecular formula is C28H42N6O7. The number of aliphatic carboxylic acids is 2. The van der Waals surface area contributed by atoms with E-state index in [9.17, 15) is 29.1 Å². The number of carboxylic acids is 2. The van der Waals surface area contributed by atoms with Crippen molar-refractivity contribution >= 4 is 40.6 Å². The Bertz CT molecular complexity index is 1200. The van der Waals surface area contributed by atoms with Crippen LogP contribution in [0, 0.1) is 5.92 Å². The van der Waals surface area contributed by atoms with Crippen molar-refractivity contribution in [3.8, 4) is 0 Å². The molecule has 1 heterocycles. The lowest BCUT2D eigenvalue weighted by atomic mass is 9.96. The van der Waals surface area contributed by atoms with Crippen LogP contribution < -0.4 is 27.4 Å². The molecular weight excluding hydrogens is 532 g/mol. The number of aromatic nitrogens is 1. The van der Waals surface area contributed by atoms with Gasteiger partial charge in [0, 0.05) is 29.9 Å². The SMILES string of the molecule is CCC(C)C(NC(=O)C(Cc1c[nH]c2ccccc12)NC(=O)C(N)CCCCN)C(=O)NC(CCC(=O)O)C(=O)O. The lowest BCUT2D eigenvalue weighted by Crippen LogP contribution is -2.59. The van der Waals surface area contributed by atoms with E-state index in [1.807, 2.05) is 31.2 Å². The summed E-state index contributed by atoms with van der Waals surface area (Å²) < 4.78 is 0. The number of aromatic amines is 1. The highest BCUT2D eigenvalue weighted by Gasteiger charge is 2.33. The molecule has 0 saturated heterocycles. The summed E-state index contributed by atoms with van der Waals surface area (Å²) in [5.74, 6) is -4.92. The predicted octanol–water partition coefficient (Wildman–Crippen LogP) is 0.617. The second-order valence-electron chi connectivity index (χ2n) is 10.2. The van der Waals surface area contributed by atoms with Crippen molar-refractivity contribution < 1.29 is 34.2 Å². The van der Waals surface area contributed by atoms with E-state index in [-0.39, 0.29) is 12.8 Å². The van der Waals surface area contributed by atoms with Crippen molar-refractivity contribution in [2.75, 3.05) is 6.54 Å². The maximum Gasteiger partial charge on any atom is 0.326 e. The third-order valence-electron chi connectivity index (χ3n) is 7.09. The van der Waals surface area contributed by atoms with Gasteiger partial charge in [0.1, 0.15) is 18.1 Å². The molecule has 13 heteroatoms. The van der Waals surface area contributed by atoms with Gasteiger partial charge in [-0.25, -0.2) is 4.79 Å². The Balaban J connectivity index is 2.28. The largest absolute Gasteiger partial charge is 0.481 e. The van der Waals surface area contributed by atoms with Gasteiger partial charge in [-0.15, -0.1) is 0 Å². The third kappa shape index (κ3) is 10.2. The smallest absolute Gasteiger partial charge is 0.326 e. The number of hydrogen-bond acceptors (Lipinski definition) is 7. The molecule has 5 unspecified atom stereocenters. The summed E-state index contributed by atoms with van der Waals surface area (Å²) in [5, 5.41) is 27.0. The average molecular weight is 575 g/mol. The van der Waals surface area contributed by atoms with Crippen LogP contribution in [0.2, 0.25) is 0 Å². The van der Waals surface area contributed by atoms with Gasteiger partial charge in [0.05, 0.1) is 6.04 Å². The van der Waals surface area contributed by atoms with Crippen molar-refractivity contribution in [1.82, 2.24) is 20.9 Å². The number of nitrogens with two attached hydrogens (primary N) is 2. The minimum absolute atomic E-state index is 0.0995. The van der Waals surface area contributed by atoms with Crippen molar-refractivity contribution in [3.63, 3.8) is 0 Å². The number of benzene rings is 1. The zero-order chi connectivity index (χ0) is 30.5. The van der Waals surface area contributed by atoms with Gasteiger partial charge >= 0.3 is 11.9 Å². The second kappa shape index (κ2) is 16.3. The first kappa shape index (κ1) is 33.2. The fourth-order valence-electron chi connectivity index (χ4n) is 4.39. The van der Waals surface area contributed by atoms with Gasteiger partial charge in [-0.05, 0) is 43.4 Å². The van der Waals surface area contributed by atoms with Gasteiger partial charge in [0.2, 0.25) is 17.7 Å². The summed E-state index contributed by atoms with van der Waals surface area (Å²) in [4.78, 5) is 65.5. The Morgan fingerprint density at radius 1 is 0.927 bits per heavy atom. The first-order valence-electron chi connectivity index (χ1n) is 13.8. The molecule has 1 aromatic carbocycles. The lowest BCUT2D eigenvalue weighted by molar-refractivity contribution is -0.143. The molecule has 0 radical (unpaired) electrons. The van der Waals surface area contributed by atoms with Crippen molar-refractivity contribution in [1.29, 1.82) is 0 Å². The zero-order valence-electron chi connectivity index (χ0n) is 23.5. The number of carbonyl (C=O) groups is 5. The molecule has 0 aliphatic carbocycles. The number of para-hydroxylation sites is 1. The summed E-state index contributed by atoms with van der Waals surface area (Å²) in [7, 11) is 0. The average Bonchev–Trinajstić information content (AvgIpc) is 3.35. The Kier molecular flexibility index (Phi) is 13.2. The van der Waals surface area contributed by atoms with Crippen LogP contribution in [-0.4, -0.2) is 75.6 Å². The summed E-state index contributed by atoms with van der Waals surface area (Å²) in [6.45, 7) is 4.00. The normalized spacial score (nSPS) is 14.8. The molecule has 41 heavy (non-hydrogen) atoms. The van der Waals surface area contributed by atoms with E-state index in [2.05, 4.69) is 20.9 Å². The van der Waals surface area contributed by atoms with Gasteiger partial charge in [0.15, 0.2) is 0 Å². The molecule has 1 aromatic heterocycles. The van der Waals surface area contributed by atoms with Crippen LogP contribution in [0.5, 0.6) is 0 Å². The highest BCUT2D eigenvalue weighted by atomic mass is 16.4. The molecule has 5 atom stereocenters. The lowest BCUT2D eigenvalue weighted by Gasteiger charge is -2.28. The van der Waals surface area contributed by atoms with Gasteiger partial charge < -0.3 is 42.6 Å². The fourth-order valence-corrected chi connectivity index (χ4v) is 4.39. The predicted molar refractivity (Wildman–Crippen MR) is 153 cm³/mol. The number of unbranched alkanes of at least 4 members (excludes halogenated alkanes) is 1. The molecule has 0 aliphatic rings. The number of fused-ring (bicyclic) bond motifs is 1. The number of hydrogen-bond donors (Lipinski definition) is 8. The molecule has 3 amide bonds. The van der Waals surface area contributed by atoms with Crippen LogP contribution >= 0.6 is 0 Å². The molecule has 0 aliphatic heterocycles. The van der Waals surface area contributed by atoms with Crippen LogP contribution in [0.15, 0.2) is 30.5 Å². The number of rotatable bonds is 18. The Morgan fingerprint density at radius 2 is 1.61 bits per heavy atom. The maximum absolute atomic E-state index is 13.6. The van der Waals surface area contributed by atoms with E-state index in [4.69, 9.17) is 16.6 Å². The quantitative estimate of drug-likeness (QED) is 0.116. The minimum Gasteiger partial charge on any atom is -0.481 e. The van der Waals surface area contributed by atoms with Gasteiger partial charge in [-0.3, -0.25) is 19.2 Å². The number of nitrogens with one attached hydrogen (secondary N) is 4. The number of carbonyl (C=O) groups excluding carboxylic acids is 3. The van der Waals surface area contributed by atoms with Gasteiger partial charge in [-0.1, -0.05) is 44.9 Å². The van der Waals surface area contributed by atoms with E-state index in [1.54, 1.807) is 13.1 Å². The zero-order valence-corrected chi connectivity index (χ0v) is 23.5. The Morgan fingerprint density at radius 3 is 2.24 bits per heavy atom. The molecule has 0 spiro atoms. The van der Waals surface area contributed by atoms with E-state index in [1.165, 1.54) is 0 Å². The van der Waals surface area contributed by atoms with Crippen molar-refractivity contribution in [2.24, 2.45) is 17.4 Å². The van der Waals surface area contributed by atoms with Crippen molar-refractivity contribution in [3.05, 3.63) is 36.0 Å². The highest BCUT2D eigenvalue weighted by molar-refractivity contribution is 5.95. The third-order valence-corrected chi connectivity index (χ3v) is 7.09. The molecule has 0 saturated carbocycles. The number of carboxylic acid groups (broad SMARTS) is 2. The summed E-state index contributed by atoms with van der Waals surface area (Å²) in [6, 6.07) is 2.94. The first-order chi connectivity index (χ1) is 19.5. The van der Waals surface area contributed by atoms with Gasteiger partial charge in [-0.2, -0.15) is 0 Å². The monoisotopic (exact) mass is 574 g/mol. The van der Waals surface area contributed by atoms with Gasteiger partial charge in [0.25, 0.3) is 0 Å². The molecule has 2 rings (SSSR count). The molecule has 13 nitrogen and oxygen atoms in total. The summed E-state index contributed by atoms with van der Waals surface area (Å²) in [5.41, 5.74) is 13.2. The second-order valence-corrected chi connectivity index (χ2v) is 10.2.